The number of aromatic nitrogens is 1. The highest BCUT2D eigenvalue weighted by atomic mass is 35.5. The second-order valence-corrected chi connectivity index (χ2v) is 4.12. The minimum absolute atomic E-state index is 0.664. The Bertz CT molecular complexity index is 565. The smallest absolute Gasteiger partial charge is 0.119 e. The Balaban J connectivity index is 2.58. The molecule has 16 heavy (non-hydrogen) atoms. The van der Waals surface area contributed by atoms with Gasteiger partial charge in [0.2, 0.25) is 0 Å². The van der Waals surface area contributed by atoms with E-state index in [4.69, 9.17) is 28.6 Å². The molecule has 0 saturated heterocycles. The molecule has 1 N–H and O–H groups in total. The largest absolute Gasteiger partial charge is 0.497 e. The number of benzene rings is 1. The number of halogens is 1. The van der Waals surface area contributed by atoms with Gasteiger partial charge in [0.1, 0.15) is 10.4 Å². The summed E-state index contributed by atoms with van der Waals surface area (Å²) in [4.78, 5) is 3.09. The predicted molar refractivity (Wildman–Crippen MR) is 68.6 cm³/mol. The van der Waals surface area contributed by atoms with E-state index < -0.39 is 0 Å². The lowest BCUT2D eigenvalue weighted by molar-refractivity contribution is 0.415. The summed E-state index contributed by atoms with van der Waals surface area (Å²) in [6.45, 7) is 0. The van der Waals surface area contributed by atoms with E-state index in [0.29, 0.717) is 9.66 Å². The van der Waals surface area contributed by atoms with Crippen LogP contribution in [-0.2, 0) is 0 Å². The van der Waals surface area contributed by atoms with Crippen molar-refractivity contribution in [3.05, 3.63) is 46.1 Å². The van der Waals surface area contributed by atoms with Gasteiger partial charge in [-0.25, -0.2) is 0 Å². The highest BCUT2D eigenvalue weighted by Crippen LogP contribution is 2.29. The standard InChI is InChI=1S/C12H10ClNOS/c1-15-8-5-6-10(13)9(7-8)11-3-2-4-12(16)14-11/h2-7H,1H3,(H,14,16). The van der Waals surface area contributed by atoms with Crippen LogP contribution < -0.4 is 4.74 Å². The van der Waals surface area contributed by atoms with Crippen molar-refractivity contribution in [2.45, 2.75) is 0 Å². The molecule has 1 aromatic carbocycles. The quantitative estimate of drug-likeness (QED) is 0.814. The lowest BCUT2D eigenvalue weighted by Gasteiger charge is -2.07. The van der Waals surface area contributed by atoms with Crippen LogP contribution >= 0.6 is 23.8 Å². The van der Waals surface area contributed by atoms with Gasteiger partial charge in [0.15, 0.2) is 0 Å². The summed E-state index contributed by atoms with van der Waals surface area (Å²) in [7, 11) is 1.63. The van der Waals surface area contributed by atoms with E-state index in [0.717, 1.165) is 17.0 Å². The molecule has 1 aromatic heterocycles. The van der Waals surface area contributed by atoms with Gasteiger partial charge in [-0.3, -0.25) is 0 Å². The molecule has 2 aromatic rings. The normalized spacial score (nSPS) is 10.1. The molecule has 0 saturated carbocycles. The molecule has 1 heterocycles. The predicted octanol–water partition coefficient (Wildman–Crippen LogP) is 4.07. The number of hydrogen-bond acceptors (Lipinski definition) is 2. The second-order valence-electron chi connectivity index (χ2n) is 3.27. The van der Waals surface area contributed by atoms with Crippen LogP contribution in [0.15, 0.2) is 36.4 Å². The lowest BCUT2D eigenvalue weighted by atomic mass is 10.1. The molecule has 0 fully saturated rings. The van der Waals surface area contributed by atoms with E-state index in [-0.39, 0.29) is 0 Å². The Kier molecular flexibility index (Phi) is 3.27. The summed E-state index contributed by atoms with van der Waals surface area (Å²) in [5, 5.41) is 0.664. The summed E-state index contributed by atoms with van der Waals surface area (Å²) < 4.78 is 5.84. The molecule has 0 bridgehead atoms. The van der Waals surface area contributed by atoms with Crippen LogP contribution in [0.3, 0.4) is 0 Å². The first-order valence-electron chi connectivity index (χ1n) is 4.74. The molecule has 2 rings (SSSR count). The van der Waals surface area contributed by atoms with Crippen LogP contribution in [0.4, 0.5) is 0 Å². The molecule has 0 spiro atoms. The monoisotopic (exact) mass is 251 g/mol. The fraction of sp³-hybridized carbons (Fsp3) is 0.0833. The van der Waals surface area contributed by atoms with Crippen molar-refractivity contribution in [3.8, 4) is 17.0 Å². The van der Waals surface area contributed by atoms with Gasteiger partial charge in [-0.1, -0.05) is 29.9 Å². The number of hydrogen-bond donors (Lipinski definition) is 1. The zero-order valence-electron chi connectivity index (χ0n) is 8.66. The molecule has 0 atom stereocenters. The Morgan fingerprint density at radius 1 is 1.25 bits per heavy atom. The van der Waals surface area contributed by atoms with E-state index in [1.54, 1.807) is 13.2 Å². The molecular formula is C12H10ClNOS. The first kappa shape index (κ1) is 11.2. The number of aromatic amines is 1. The Morgan fingerprint density at radius 3 is 2.75 bits per heavy atom. The van der Waals surface area contributed by atoms with Crippen LogP contribution in [0.1, 0.15) is 0 Å². The van der Waals surface area contributed by atoms with Crippen LogP contribution in [0.5, 0.6) is 5.75 Å². The van der Waals surface area contributed by atoms with Crippen molar-refractivity contribution in [1.29, 1.82) is 0 Å². The van der Waals surface area contributed by atoms with Gasteiger partial charge in [-0.2, -0.15) is 0 Å². The fourth-order valence-electron chi connectivity index (χ4n) is 1.44. The Labute approximate surface area is 104 Å². The average Bonchev–Trinajstić information content (AvgIpc) is 2.30. The van der Waals surface area contributed by atoms with E-state index >= 15 is 0 Å². The third-order valence-electron chi connectivity index (χ3n) is 2.23. The Hall–Kier alpha value is -1.32. The fourth-order valence-corrected chi connectivity index (χ4v) is 1.85. The highest BCUT2D eigenvalue weighted by Gasteiger charge is 2.05. The third-order valence-corrected chi connectivity index (χ3v) is 2.80. The van der Waals surface area contributed by atoms with Crippen molar-refractivity contribution in [2.24, 2.45) is 0 Å². The molecule has 0 radical (unpaired) electrons. The first-order chi connectivity index (χ1) is 7.70. The van der Waals surface area contributed by atoms with Gasteiger partial charge < -0.3 is 9.72 Å². The average molecular weight is 252 g/mol. The highest BCUT2D eigenvalue weighted by molar-refractivity contribution is 7.71. The SMILES string of the molecule is COc1ccc(Cl)c(-c2cccc(=S)[nH]2)c1. The molecule has 2 nitrogen and oxygen atoms in total. The second kappa shape index (κ2) is 4.68. The molecule has 0 amide bonds. The van der Waals surface area contributed by atoms with Gasteiger partial charge in [0.05, 0.1) is 12.1 Å². The summed E-state index contributed by atoms with van der Waals surface area (Å²) in [6.07, 6.45) is 0. The van der Waals surface area contributed by atoms with Gasteiger partial charge >= 0.3 is 0 Å². The molecule has 0 aliphatic carbocycles. The summed E-state index contributed by atoms with van der Waals surface area (Å²) in [5.74, 6) is 0.766. The lowest BCUT2D eigenvalue weighted by Crippen LogP contribution is -1.87. The maximum atomic E-state index is 6.13. The van der Waals surface area contributed by atoms with Crippen molar-refractivity contribution < 1.29 is 4.74 Å². The zero-order chi connectivity index (χ0) is 11.5. The topological polar surface area (TPSA) is 25.0 Å². The number of rotatable bonds is 2. The molecule has 82 valence electrons. The summed E-state index contributed by atoms with van der Waals surface area (Å²) >= 11 is 11.2. The van der Waals surface area contributed by atoms with Crippen LogP contribution in [-0.4, -0.2) is 12.1 Å². The number of H-pyrrole nitrogens is 1. The maximum Gasteiger partial charge on any atom is 0.119 e. The van der Waals surface area contributed by atoms with Crippen LogP contribution in [0.2, 0.25) is 5.02 Å². The molecule has 0 unspecified atom stereocenters. The molecule has 0 aliphatic rings. The first-order valence-corrected chi connectivity index (χ1v) is 5.52. The minimum Gasteiger partial charge on any atom is -0.497 e. The van der Waals surface area contributed by atoms with E-state index in [1.165, 1.54) is 0 Å². The third kappa shape index (κ3) is 2.26. The number of ether oxygens (including phenoxy) is 1. The van der Waals surface area contributed by atoms with E-state index in [2.05, 4.69) is 4.98 Å². The summed E-state index contributed by atoms with van der Waals surface area (Å²) in [6, 6.07) is 11.2. The van der Waals surface area contributed by atoms with Gasteiger partial charge in [-0.15, -0.1) is 0 Å². The van der Waals surface area contributed by atoms with Crippen molar-refractivity contribution in [3.63, 3.8) is 0 Å². The van der Waals surface area contributed by atoms with Crippen molar-refractivity contribution in [2.75, 3.05) is 7.11 Å². The number of methoxy groups -OCH3 is 1. The van der Waals surface area contributed by atoms with Gasteiger partial charge in [0, 0.05) is 11.3 Å². The number of pyridine rings is 1. The molecule has 4 heteroatoms. The van der Waals surface area contributed by atoms with Crippen molar-refractivity contribution in [1.82, 2.24) is 4.98 Å². The van der Waals surface area contributed by atoms with E-state index in [9.17, 15) is 0 Å². The van der Waals surface area contributed by atoms with Crippen molar-refractivity contribution >= 4 is 23.8 Å². The Morgan fingerprint density at radius 2 is 2.06 bits per heavy atom. The minimum atomic E-state index is 0.664. The van der Waals surface area contributed by atoms with Gasteiger partial charge in [-0.05, 0) is 30.3 Å². The van der Waals surface area contributed by atoms with Crippen LogP contribution in [0, 0.1) is 4.64 Å². The van der Waals surface area contributed by atoms with Crippen LogP contribution in [0.25, 0.3) is 11.3 Å². The molecular weight excluding hydrogens is 242 g/mol. The maximum absolute atomic E-state index is 6.13. The summed E-state index contributed by atoms with van der Waals surface area (Å²) in [5.41, 5.74) is 1.77. The number of nitrogens with one attached hydrogen (secondary N) is 1. The van der Waals surface area contributed by atoms with E-state index in [1.807, 2.05) is 30.3 Å². The zero-order valence-corrected chi connectivity index (χ0v) is 10.2. The van der Waals surface area contributed by atoms with Gasteiger partial charge in [0.25, 0.3) is 0 Å². The molecule has 0 aliphatic heterocycles.